The zero-order chi connectivity index (χ0) is 17.5. The van der Waals surface area contributed by atoms with E-state index in [1.54, 1.807) is 18.0 Å². The third-order valence-corrected chi connectivity index (χ3v) is 3.97. The Kier molecular flexibility index (Phi) is 6.01. The van der Waals surface area contributed by atoms with Crippen LogP contribution < -0.4 is 5.32 Å². The highest BCUT2D eigenvalue weighted by Gasteiger charge is 2.25. The average Bonchev–Trinajstić information content (AvgIpc) is 2.96. The predicted molar refractivity (Wildman–Crippen MR) is 94.0 cm³/mol. The molecule has 0 aliphatic heterocycles. The van der Waals surface area contributed by atoms with Crippen LogP contribution in [0.1, 0.15) is 18.4 Å². The second-order valence-corrected chi connectivity index (χ2v) is 5.76. The first-order chi connectivity index (χ1) is 11.5. The Balaban J connectivity index is 2.14. The first kappa shape index (κ1) is 17.6. The van der Waals surface area contributed by atoms with Crippen LogP contribution >= 0.6 is 0 Å². The molecule has 0 fully saturated rings. The van der Waals surface area contributed by atoms with Gasteiger partial charge in [0.25, 0.3) is 0 Å². The topological polar surface area (TPSA) is 85.4 Å². The second kappa shape index (κ2) is 8.19. The molecule has 128 valence electrons. The van der Waals surface area contributed by atoms with Gasteiger partial charge in [0.15, 0.2) is 0 Å². The monoisotopic (exact) mass is 329 g/mol. The lowest BCUT2D eigenvalue weighted by Gasteiger charge is -2.23. The Bertz CT molecular complexity index is 723. The number of likely N-dealkylation sites (N-methyl/N-ethyl adjacent to an activating group) is 1. The fourth-order valence-electron chi connectivity index (χ4n) is 2.72. The summed E-state index contributed by atoms with van der Waals surface area (Å²) < 4.78 is 0. The van der Waals surface area contributed by atoms with Gasteiger partial charge >= 0.3 is 6.09 Å². The number of aromatic nitrogens is 1. The molecule has 0 aliphatic carbocycles. The van der Waals surface area contributed by atoms with Gasteiger partial charge in [-0.25, -0.2) is 4.79 Å². The normalized spacial score (nSPS) is 11.9. The lowest BCUT2D eigenvalue weighted by molar-refractivity contribution is -0.132. The zero-order valence-electron chi connectivity index (χ0n) is 13.8. The molecular formula is C18H23N3O3. The number of allylic oxidation sites excluding steroid dienone is 1. The molecular weight excluding hydrogens is 306 g/mol. The Labute approximate surface area is 141 Å². The molecule has 0 aliphatic rings. The summed E-state index contributed by atoms with van der Waals surface area (Å²) in [6.45, 7) is 4.22. The molecule has 0 unspecified atom stereocenters. The standard InChI is InChI=1S/C18H23N3O3/c1-3-4-7-10-21(2)17(22)16(20-18(23)24)11-13-12-19-15-9-6-5-8-14(13)15/h3,5-6,8-9,12,16,19-20H,1,4,7,10-11H2,2H3,(H,23,24)/t16-/m0/s1. The number of para-hydroxylation sites is 1. The number of hydrogen-bond donors (Lipinski definition) is 3. The lowest BCUT2D eigenvalue weighted by atomic mass is 10.0. The summed E-state index contributed by atoms with van der Waals surface area (Å²) in [6.07, 6.45) is 4.35. The summed E-state index contributed by atoms with van der Waals surface area (Å²) in [5.74, 6) is -0.230. The summed E-state index contributed by atoms with van der Waals surface area (Å²) in [7, 11) is 1.69. The number of carbonyl (C=O) groups excluding carboxylic acids is 1. The molecule has 2 rings (SSSR count). The molecule has 1 aromatic carbocycles. The Morgan fingerprint density at radius 1 is 1.42 bits per heavy atom. The molecule has 0 bridgehead atoms. The smallest absolute Gasteiger partial charge is 0.405 e. The van der Waals surface area contributed by atoms with E-state index in [4.69, 9.17) is 5.11 Å². The molecule has 2 aromatic rings. The Hall–Kier alpha value is -2.76. The minimum atomic E-state index is -1.20. The van der Waals surface area contributed by atoms with Crippen LogP contribution in [0.15, 0.2) is 43.1 Å². The summed E-state index contributed by atoms with van der Waals surface area (Å²) in [5, 5.41) is 12.4. The van der Waals surface area contributed by atoms with Crippen molar-refractivity contribution in [3.8, 4) is 0 Å². The molecule has 1 atom stereocenters. The zero-order valence-corrected chi connectivity index (χ0v) is 13.8. The molecule has 3 N–H and O–H groups in total. The first-order valence-corrected chi connectivity index (χ1v) is 7.93. The number of fused-ring (bicyclic) bond motifs is 1. The van der Waals surface area contributed by atoms with E-state index in [2.05, 4.69) is 16.9 Å². The van der Waals surface area contributed by atoms with E-state index in [1.165, 1.54) is 0 Å². The van der Waals surface area contributed by atoms with Crippen LogP contribution in [-0.4, -0.2) is 46.6 Å². The molecule has 0 radical (unpaired) electrons. The van der Waals surface area contributed by atoms with Gasteiger partial charge in [-0.1, -0.05) is 24.3 Å². The average molecular weight is 329 g/mol. The van der Waals surface area contributed by atoms with Gasteiger partial charge in [0, 0.05) is 37.1 Å². The first-order valence-electron chi connectivity index (χ1n) is 7.93. The van der Waals surface area contributed by atoms with Gasteiger partial charge in [-0.3, -0.25) is 4.79 Å². The molecule has 0 spiro atoms. The summed E-state index contributed by atoms with van der Waals surface area (Å²) >= 11 is 0. The van der Waals surface area contributed by atoms with Crippen molar-refractivity contribution < 1.29 is 14.7 Å². The maximum Gasteiger partial charge on any atom is 0.405 e. The van der Waals surface area contributed by atoms with Crippen LogP contribution in [-0.2, 0) is 11.2 Å². The van der Waals surface area contributed by atoms with Crippen molar-refractivity contribution in [2.24, 2.45) is 0 Å². The minimum Gasteiger partial charge on any atom is -0.465 e. The summed E-state index contributed by atoms with van der Waals surface area (Å²) in [4.78, 5) is 28.4. The van der Waals surface area contributed by atoms with Gasteiger partial charge < -0.3 is 20.3 Å². The van der Waals surface area contributed by atoms with Gasteiger partial charge in [0.05, 0.1) is 0 Å². The number of rotatable bonds is 8. The van der Waals surface area contributed by atoms with Crippen LogP contribution in [0.5, 0.6) is 0 Å². The molecule has 6 heteroatoms. The SMILES string of the molecule is C=CCCCN(C)C(=O)[C@H](Cc1c[nH]c2ccccc12)NC(=O)O. The number of benzene rings is 1. The highest BCUT2D eigenvalue weighted by molar-refractivity contribution is 5.88. The fourth-order valence-corrected chi connectivity index (χ4v) is 2.72. The molecule has 0 saturated heterocycles. The van der Waals surface area contributed by atoms with E-state index in [0.717, 1.165) is 29.3 Å². The highest BCUT2D eigenvalue weighted by atomic mass is 16.4. The van der Waals surface area contributed by atoms with Gasteiger partial charge in [0.2, 0.25) is 5.91 Å². The molecule has 1 aromatic heterocycles. The number of carboxylic acid groups (broad SMARTS) is 1. The van der Waals surface area contributed by atoms with Gasteiger partial charge in [-0.05, 0) is 24.5 Å². The molecule has 2 amide bonds. The quantitative estimate of drug-likeness (QED) is 0.514. The van der Waals surface area contributed by atoms with Crippen molar-refractivity contribution in [3.63, 3.8) is 0 Å². The van der Waals surface area contributed by atoms with E-state index in [9.17, 15) is 9.59 Å². The second-order valence-electron chi connectivity index (χ2n) is 5.76. The lowest BCUT2D eigenvalue weighted by Crippen LogP contribution is -2.48. The summed E-state index contributed by atoms with van der Waals surface area (Å²) in [6, 6.07) is 6.94. The number of carbonyl (C=O) groups is 2. The number of unbranched alkanes of at least 4 members (excludes halogenated alkanes) is 1. The van der Waals surface area contributed by atoms with Crippen molar-refractivity contribution in [2.45, 2.75) is 25.3 Å². The van der Waals surface area contributed by atoms with Gasteiger partial charge in [-0.2, -0.15) is 0 Å². The van der Waals surface area contributed by atoms with E-state index in [-0.39, 0.29) is 5.91 Å². The Morgan fingerprint density at radius 3 is 2.88 bits per heavy atom. The van der Waals surface area contributed by atoms with E-state index in [0.29, 0.717) is 13.0 Å². The number of nitrogens with zero attached hydrogens (tertiary/aromatic N) is 1. The van der Waals surface area contributed by atoms with Gasteiger partial charge in [-0.15, -0.1) is 6.58 Å². The van der Waals surface area contributed by atoms with E-state index < -0.39 is 12.1 Å². The van der Waals surface area contributed by atoms with Crippen molar-refractivity contribution in [2.75, 3.05) is 13.6 Å². The maximum absolute atomic E-state index is 12.6. The van der Waals surface area contributed by atoms with Crippen LogP contribution in [0.4, 0.5) is 4.79 Å². The molecule has 6 nitrogen and oxygen atoms in total. The van der Waals surface area contributed by atoms with Crippen molar-refractivity contribution in [1.29, 1.82) is 0 Å². The maximum atomic E-state index is 12.6. The van der Waals surface area contributed by atoms with Crippen LogP contribution in [0.3, 0.4) is 0 Å². The number of aromatic amines is 1. The largest absolute Gasteiger partial charge is 0.465 e. The number of hydrogen-bond acceptors (Lipinski definition) is 2. The summed E-state index contributed by atoms with van der Waals surface area (Å²) in [5.41, 5.74) is 1.88. The van der Waals surface area contributed by atoms with Crippen LogP contribution in [0.2, 0.25) is 0 Å². The number of H-pyrrole nitrogens is 1. The third-order valence-electron chi connectivity index (χ3n) is 3.97. The van der Waals surface area contributed by atoms with Crippen molar-refractivity contribution >= 4 is 22.9 Å². The van der Waals surface area contributed by atoms with E-state index >= 15 is 0 Å². The minimum absolute atomic E-state index is 0.230. The van der Waals surface area contributed by atoms with E-state index in [1.807, 2.05) is 30.5 Å². The number of nitrogens with one attached hydrogen (secondary N) is 2. The molecule has 1 heterocycles. The van der Waals surface area contributed by atoms with Gasteiger partial charge in [0.1, 0.15) is 6.04 Å². The highest BCUT2D eigenvalue weighted by Crippen LogP contribution is 2.19. The van der Waals surface area contributed by atoms with Crippen molar-refractivity contribution in [1.82, 2.24) is 15.2 Å². The third kappa shape index (κ3) is 4.38. The van der Waals surface area contributed by atoms with Crippen LogP contribution in [0.25, 0.3) is 10.9 Å². The van der Waals surface area contributed by atoms with Crippen LogP contribution in [0, 0.1) is 0 Å². The Morgan fingerprint density at radius 2 is 2.17 bits per heavy atom. The molecule has 0 saturated carbocycles. The molecule has 24 heavy (non-hydrogen) atoms. The fraction of sp³-hybridized carbons (Fsp3) is 0.333. The predicted octanol–water partition coefficient (Wildman–Crippen LogP) is 2.77. The number of amides is 2. The van der Waals surface area contributed by atoms with Crippen molar-refractivity contribution in [3.05, 3.63) is 48.7 Å².